The molecule has 0 spiro atoms. The number of amides is 1. The Bertz CT molecular complexity index is 724. The van der Waals surface area contributed by atoms with E-state index in [1.54, 1.807) is 10.7 Å². The maximum atomic E-state index is 12.3. The van der Waals surface area contributed by atoms with Crippen LogP contribution in [-0.2, 0) is 4.79 Å². The van der Waals surface area contributed by atoms with Crippen LogP contribution in [0.15, 0.2) is 36.4 Å². The molecule has 1 aromatic carbocycles. The molecule has 6 heteroatoms. The summed E-state index contributed by atoms with van der Waals surface area (Å²) >= 11 is 0. The highest BCUT2D eigenvalue weighted by Crippen LogP contribution is 2.26. The lowest BCUT2D eigenvalue weighted by Gasteiger charge is -2.11. The SMILES string of the molecule is Cc1cc(C(=O)N[C@H]2CC[C@@H](C(=O)O)C2)nn1-c1ccccc1. The molecular weight excluding hydrogens is 294 g/mol. The average Bonchev–Trinajstić information content (AvgIpc) is 3.15. The molecular formula is C17H19N3O3. The van der Waals surface area contributed by atoms with Gasteiger partial charge in [-0.25, -0.2) is 4.68 Å². The molecule has 120 valence electrons. The number of aryl methyl sites for hydroxylation is 1. The van der Waals surface area contributed by atoms with E-state index < -0.39 is 5.97 Å². The molecule has 0 saturated heterocycles. The molecule has 0 radical (unpaired) electrons. The van der Waals surface area contributed by atoms with Crippen molar-refractivity contribution in [1.29, 1.82) is 0 Å². The molecule has 0 aliphatic heterocycles. The quantitative estimate of drug-likeness (QED) is 0.906. The van der Waals surface area contributed by atoms with Gasteiger partial charge in [-0.3, -0.25) is 9.59 Å². The number of carbonyl (C=O) groups is 2. The normalized spacial score (nSPS) is 20.4. The van der Waals surface area contributed by atoms with Gasteiger partial charge in [0, 0.05) is 11.7 Å². The zero-order valence-electron chi connectivity index (χ0n) is 12.9. The van der Waals surface area contributed by atoms with E-state index in [0.29, 0.717) is 25.0 Å². The maximum absolute atomic E-state index is 12.3. The number of benzene rings is 1. The van der Waals surface area contributed by atoms with Crippen molar-refractivity contribution in [2.24, 2.45) is 5.92 Å². The lowest BCUT2D eigenvalue weighted by Crippen LogP contribution is -2.33. The number of carboxylic acids is 1. The van der Waals surface area contributed by atoms with E-state index in [-0.39, 0.29) is 17.9 Å². The van der Waals surface area contributed by atoms with Gasteiger partial charge < -0.3 is 10.4 Å². The molecule has 1 aromatic heterocycles. The third-order valence-corrected chi connectivity index (χ3v) is 4.24. The Labute approximate surface area is 134 Å². The first-order valence-corrected chi connectivity index (χ1v) is 7.70. The third kappa shape index (κ3) is 3.26. The Morgan fingerprint density at radius 2 is 2.00 bits per heavy atom. The summed E-state index contributed by atoms with van der Waals surface area (Å²) in [6.45, 7) is 1.90. The first kappa shape index (κ1) is 15.3. The van der Waals surface area contributed by atoms with Gasteiger partial charge in [0.15, 0.2) is 5.69 Å². The second kappa shape index (κ2) is 6.24. The van der Waals surface area contributed by atoms with Gasteiger partial charge in [-0.2, -0.15) is 5.10 Å². The second-order valence-corrected chi connectivity index (χ2v) is 5.94. The lowest BCUT2D eigenvalue weighted by atomic mass is 10.1. The average molecular weight is 313 g/mol. The van der Waals surface area contributed by atoms with Crippen LogP contribution >= 0.6 is 0 Å². The fourth-order valence-corrected chi connectivity index (χ4v) is 3.01. The van der Waals surface area contributed by atoms with Crippen molar-refractivity contribution in [3.8, 4) is 5.69 Å². The highest BCUT2D eigenvalue weighted by molar-refractivity contribution is 5.92. The fraction of sp³-hybridized carbons (Fsp3) is 0.353. The van der Waals surface area contributed by atoms with Crippen LogP contribution in [0.25, 0.3) is 5.69 Å². The predicted octanol–water partition coefficient (Wildman–Crippen LogP) is 2.16. The molecule has 3 rings (SSSR count). The van der Waals surface area contributed by atoms with Crippen molar-refractivity contribution in [3.05, 3.63) is 47.8 Å². The molecule has 1 amide bonds. The van der Waals surface area contributed by atoms with Gasteiger partial charge in [-0.15, -0.1) is 0 Å². The topological polar surface area (TPSA) is 84.2 Å². The number of carboxylic acid groups (broad SMARTS) is 1. The van der Waals surface area contributed by atoms with Crippen LogP contribution in [0.5, 0.6) is 0 Å². The molecule has 1 aliphatic rings. The molecule has 2 N–H and O–H groups in total. The highest BCUT2D eigenvalue weighted by Gasteiger charge is 2.31. The van der Waals surface area contributed by atoms with Crippen LogP contribution in [-0.4, -0.2) is 32.8 Å². The molecule has 0 unspecified atom stereocenters. The van der Waals surface area contributed by atoms with Gasteiger partial charge in [-0.1, -0.05) is 18.2 Å². The number of rotatable bonds is 4. The number of hydrogen-bond donors (Lipinski definition) is 2. The molecule has 1 fully saturated rings. The standard InChI is InChI=1S/C17H19N3O3/c1-11-9-15(19-20(11)14-5-3-2-4-6-14)16(21)18-13-8-7-12(10-13)17(22)23/h2-6,9,12-13H,7-8,10H2,1H3,(H,18,21)(H,22,23)/t12-,13+/m1/s1. The van der Waals surface area contributed by atoms with Crippen molar-refractivity contribution in [2.45, 2.75) is 32.2 Å². The Morgan fingerprint density at radius 1 is 1.26 bits per heavy atom. The summed E-state index contributed by atoms with van der Waals surface area (Å²) in [6.07, 6.45) is 1.79. The minimum Gasteiger partial charge on any atom is -0.481 e. The molecule has 2 atom stereocenters. The molecule has 1 aliphatic carbocycles. The van der Waals surface area contributed by atoms with Gasteiger partial charge in [0.2, 0.25) is 0 Å². The minimum atomic E-state index is -0.786. The van der Waals surface area contributed by atoms with E-state index in [4.69, 9.17) is 5.11 Å². The largest absolute Gasteiger partial charge is 0.481 e. The van der Waals surface area contributed by atoms with Crippen LogP contribution in [0, 0.1) is 12.8 Å². The van der Waals surface area contributed by atoms with E-state index >= 15 is 0 Å². The number of nitrogens with zero attached hydrogens (tertiary/aromatic N) is 2. The molecule has 1 heterocycles. The summed E-state index contributed by atoms with van der Waals surface area (Å²) in [5.41, 5.74) is 2.12. The molecule has 23 heavy (non-hydrogen) atoms. The number of aromatic nitrogens is 2. The number of hydrogen-bond acceptors (Lipinski definition) is 3. The lowest BCUT2D eigenvalue weighted by molar-refractivity contribution is -0.141. The van der Waals surface area contributed by atoms with E-state index in [2.05, 4.69) is 10.4 Å². The zero-order valence-corrected chi connectivity index (χ0v) is 12.9. The van der Waals surface area contributed by atoms with E-state index in [1.165, 1.54) is 0 Å². The van der Waals surface area contributed by atoms with Crippen LogP contribution in [0.3, 0.4) is 0 Å². The highest BCUT2D eigenvalue weighted by atomic mass is 16.4. The van der Waals surface area contributed by atoms with Crippen molar-refractivity contribution in [2.75, 3.05) is 0 Å². The summed E-state index contributed by atoms with van der Waals surface area (Å²) in [5, 5.41) is 16.3. The van der Waals surface area contributed by atoms with Crippen molar-refractivity contribution in [3.63, 3.8) is 0 Å². The van der Waals surface area contributed by atoms with Crippen LogP contribution in [0.1, 0.15) is 35.4 Å². The number of aliphatic carboxylic acids is 1. The van der Waals surface area contributed by atoms with E-state index in [1.807, 2.05) is 37.3 Å². The van der Waals surface area contributed by atoms with Gasteiger partial charge in [-0.05, 0) is 44.4 Å². The van der Waals surface area contributed by atoms with E-state index in [0.717, 1.165) is 11.4 Å². The van der Waals surface area contributed by atoms with Gasteiger partial charge in [0.1, 0.15) is 0 Å². The molecule has 2 aromatic rings. The predicted molar refractivity (Wildman–Crippen MR) is 84.5 cm³/mol. The fourth-order valence-electron chi connectivity index (χ4n) is 3.01. The first-order valence-electron chi connectivity index (χ1n) is 7.70. The minimum absolute atomic E-state index is 0.0919. The van der Waals surface area contributed by atoms with Crippen LogP contribution in [0.4, 0.5) is 0 Å². The molecule has 0 bridgehead atoms. The number of para-hydroxylation sites is 1. The van der Waals surface area contributed by atoms with Crippen molar-refractivity contribution >= 4 is 11.9 Å². The van der Waals surface area contributed by atoms with Crippen molar-refractivity contribution < 1.29 is 14.7 Å². The Morgan fingerprint density at radius 3 is 2.65 bits per heavy atom. The zero-order chi connectivity index (χ0) is 16.4. The molecule has 1 saturated carbocycles. The van der Waals surface area contributed by atoms with Gasteiger partial charge >= 0.3 is 5.97 Å². The summed E-state index contributed by atoms with van der Waals surface area (Å²) in [6, 6.07) is 11.3. The summed E-state index contributed by atoms with van der Waals surface area (Å²) < 4.78 is 1.73. The number of nitrogens with one attached hydrogen (secondary N) is 1. The second-order valence-electron chi connectivity index (χ2n) is 5.94. The van der Waals surface area contributed by atoms with E-state index in [9.17, 15) is 9.59 Å². The van der Waals surface area contributed by atoms with Crippen LogP contribution in [0.2, 0.25) is 0 Å². The Balaban J connectivity index is 1.71. The smallest absolute Gasteiger partial charge is 0.306 e. The van der Waals surface area contributed by atoms with Gasteiger partial charge in [0.25, 0.3) is 5.91 Å². The Hall–Kier alpha value is -2.63. The maximum Gasteiger partial charge on any atom is 0.306 e. The number of carbonyl (C=O) groups excluding carboxylic acids is 1. The Kier molecular flexibility index (Phi) is 4.14. The van der Waals surface area contributed by atoms with Crippen LogP contribution < -0.4 is 5.32 Å². The third-order valence-electron chi connectivity index (χ3n) is 4.24. The summed E-state index contributed by atoms with van der Waals surface area (Å²) in [5.74, 6) is -1.39. The molecule has 6 nitrogen and oxygen atoms in total. The monoisotopic (exact) mass is 313 g/mol. The first-order chi connectivity index (χ1) is 11.0. The van der Waals surface area contributed by atoms with Gasteiger partial charge in [0.05, 0.1) is 11.6 Å². The summed E-state index contributed by atoms with van der Waals surface area (Å²) in [7, 11) is 0. The summed E-state index contributed by atoms with van der Waals surface area (Å²) in [4.78, 5) is 23.3. The van der Waals surface area contributed by atoms with Crippen molar-refractivity contribution in [1.82, 2.24) is 15.1 Å².